The molecule has 8 nitrogen and oxygen atoms in total. The van der Waals surface area contributed by atoms with E-state index in [0.29, 0.717) is 12.1 Å². The molecular weight excluding hydrogens is 348 g/mol. The lowest BCUT2D eigenvalue weighted by Gasteiger charge is -2.13. The third-order valence-electron chi connectivity index (χ3n) is 3.45. The highest BCUT2D eigenvalue weighted by Gasteiger charge is 2.21. The van der Waals surface area contributed by atoms with Gasteiger partial charge in [-0.15, -0.1) is 0 Å². The fourth-order valence-corrected chi connectivity index (χ4v) is 3.53. The molecule has 0 aliphatic carbocycles. The summed E-state index contributed by atoms with van der Waals surface area (Å²) in [4.78, 5) is 22.3. The summed E-state index contributed by atoms with van der Waals surface area (Å²) in [5.74, 6) is -0.984. The first-order valence-electron chi connectivity index (χ1n) is 7.39. The number of hydrogen-bond donors (Lipinski definition) is 2. The molecule has 0 amide bonds. The normalized spacial score (nSPS) is 11.1. The number of aryl methyl sites for hydroxylation is 1. The van der Waals surface area contributed by atoms with Crippen molar-refractivity contribution in [2.75, 3.05) is 11.8 Å². The second-order valence-corrected chi connectivity index (χ2v) is 6.85. The fraction of sp³-hybridized carbons (Fsp3) is 0.250. The molecule has 9 heteroatoms. The molecule has 2 aromatic rings. The van der Waals surface area contributed by atoms with Crippen molar-refractivity contribution in [1.82, 2.24) is 4.57 Å². The van der Waals surface area contributed by atoms with Crippen molar-refractivity contribution in [1.29, 1.82) is 0 Å². The molecule has 0 bridgehead atoms. The second-order valence-electron chi connectivity index (χ2n) is 5.20. The second kappa shape index (κ2) is 7.39. The Morgan fingerprint density at radius 2 is 2.00 bits per heavy atom. The zero-order valence-electron chi connectivity index (χ0n) is 13.7. The lowest BCUT2D eigenvalue weighted by Crippen LogP contribution is -2.20. The summed E-state index contributed by atoms with van der Waals surface area (Å²) in [6.07, 6.45) is 1.08. The van der Waals surface area contributed by atoms with Crippen LogP contribution in [0.15, 0.2) is 46.2 Å². The monoisotopic (exact) mass is 366 g/mol. The molecule has 0 aliphatic heterocycles. The Morgan fingerprint density at radius 1 is 1.28 bits per heavy atom. The van der Waals surface area contributed by atoms with Crippen LogP contribution in [-0.2, 0) is 27.8 Å². The zero-order valence-corrected chi connectivity index (χ0v) is 14.5. The van der Waals surface area contributed by atoms with Crippen molar-refractivity contribution in [2.45, 2.75) is 24.8 Å². The fourth-order valence-electron chi connectivity index (χ4n) is 2.26. The molecule has 0 spiro atoms. The standard InChI is InChI=1S/C16H18N2O6S/c1-3-18-10-12(5-7-15(18)19)17-25(22,23)14-8-11(9-16(20)21)4-6-13(14)24-2/h4-8,10,17H,3,9H2,1-2H3,(H,20,21). The predicted octanol–water partition coefficient (Wildman–Crippen LogP) is 1.30. The maximum absolute atomic E-state index is 12.7. The number of nitrogens with zero attached hydrogens (tertiary/aromatic N) is 1. The highest BCUT2D eigenvalue weighted by atomic mass is 32.2. The number of ether oxygens (including phenoxy) is 1. The molecule has 1 aromatic heterocycles. The predicted molar refractivity (Wildman–Crippen MR) is 91.5 cm³/mol. The van der Waals surface area contributed by atoms with E-state index in [4.69, 9.17) is 9.84 Å². The van der Waals surface area contributed by atoms with Crippen LogP contribution in [0.2, 0.25) is 0 Å². The Morgan fingerprint density at radius 3 is 2.60 bits per heavy atom. The number of pyridine rings is 1. The van der Waals surface area contributed by atoms with Crippen molar-refractivity contribution in [3.63, 3.8) is 0 Å². The van der Waals surface area contributed by atoms with Gasteiger partial charge in [0.15, 0.2) is 0 Å². The number of carbonyl (C=O) groups is 1. The average Bonchev–Trinajstić information content (AvgIpc) is 2.55. The number of benzene rings is 1. The maximum Gasteiger partial charge on any atom is 0.307 e. The van der Waals surface area contributed by atoms with Gasteiger partial charge in [0.1, 0.15) is 10.6 Å². The van der Waals surface area contributed by atoms with E-state index in [1.54, 1.807) is 6.92 Å². The van der Waals surface area contributed by atoms with Crippen LogP contribution in [0.3, 0.4) is 0 Å². The molecule has 0 saturated carbocycles. The van der Waals surface area contributed by atoms with Crippen LogP contribution in [-0.4, -0.2) is 31.2 Å². The van der Waals surface area contributed by atoms with Crippen LogP contribution >= 0.6 is 0 Å². The number of sulfonamides is 1. The minimum Gasteiger partial charge on any atom is -0.495 e. The highest BCUT2D eigenvalue weighted by molar-refractivity contribution is 7.92. The third-order valence-corrected chi connectivity index (χ3v) is 4.85. The van der Waals surface area contributed by atoms with E-state index < -0.39 is 16.0 Å². The molecule has 0 atom stereocenters. The van der Waals surface area contributed by atoms with E-state index in [-0.39, 0.29) is 28.3 Å². The Bertz CT molecular complexity index is 949. The van der Waals surface area contributed by atoms with Crippen molar-refractivity contribution in [3.8, 4) is 5.75 Å². The first kappa shape index (κ1) is 18.5. The number of methoxy groups -OCH3 is 1. The third kappa shape index (κ3) is 4.38. The molecule has 2 N–H and O–H groups in total. The zero-order chi connectivity index (χ0) is 18.6. The van der Waals surface area contributed by atoms with Gasteiger partial charge in [0.05, 0.1) is 19.2 Å². The number of rotatable bonds is 7. The van der Waals surface area contributed by atoms with Crippen LogP contribution in [0, 0.1) is 0 Å². The first-order chi connectivity index (χ1) is 11.8. The SMILES string of the molecule is CCn1cc(NS(=O)(=O)c2cc(CC(=O)O)ccc2OC)ccc1=O. The summed E-state index contributed by atoms with van der Waals surface area (Å²) < 4.78 is 34.2. The Kier molecular flexibility index (Phi) is 5.48. The first-order valence-corrected chi connectivity index (χ1v) is 8.87. The van der Waals surface area contributed by atoms with E-state index in [9.17, 15) is 18.0 Å². The number of carboxylic acid groups (broad SMARTS) is 1. The van der Waals surface area contributed by atoms with E-state index in [1.165, 1.54) is 48.2 Å². The van der Waals surface area contributed by atoms with E-state index in [2.05, 4.69) is 4.72 Å². The molecular formula is C16H18N2O6S. The Balaban J connectivity index is 2.44. The van der Waals surface area contributed by atoms with Gasteiger partial charge in [0.2, 0.25) is 0 Å². The van der Waals surface area contributed by atoms with Crippen LogP contribution in [0.25, 0.3) is 0 Å². The van der Waals surface area contributed by atoms with Crippen LogP contribution in [0.5, 0.6) is 5.75 Å². The van der Waals surface area contributed by atoms with Gasteiger partial charge in [-0.3, -0.25) is 14.3 Å². The Labute approximate surface area is 144 Å². The lowest BCUT2D eigenvalue weighted by molar-refractivity contribution is -0.136. The van der Waals surface area contributed by atoms with Crippen molar-refractivity contribution in [3.05, 3.63) is 52.4 Å². The molecule has 2 rings (SSSR count). The summed E-state index contributed by atoms with van der Waals surface area (Å²) >= 11 is 0. The van der Waals surface area contributed by atoms with Crippen LogP contribution < -0.4 is 15.0 Å². The molecule has 0 aliphatic rings. The smallest absolute Gasteiger partial charge is 0.307 e. The number of carboxylic acids is 1. The lowest BCUT2D eigenvalue weighted by atomic mass is 10.1. The van der Waals surface area contributed by atoms with Gasteiger partial charge in [-0.1, -0.05) is 6.07 Å². The number of nitrogens with one attached hydrogen (secondary N) is 1. The van der Waals surface area contributed by atoms with Crippen LogP contribution in [0.1, 0.15) is 12.5 Å². The molecule has 0 unspecified atom stereocenters. The molecule has 1 heterocycles. The summed E-state index contributed by atoms with van der Waals surface area (Å²) in [5, 5.41) is 8.88. The maximum atomic E-state index is 12.7. The van der Waals surface area contributed by atoms with Gasteiger partial charge >= 0.3 is 5.97 Å². The highest BCUT2D eigenvalue weighted by Crippen LogP contribution is 2.27. The molecule has 1 aromatic carbocycles. The number of hydrogen-bond acceptors (Lipinski definition) is 5. The van der Waals surface area contributed by atoms with Crippen molar-refractivity contribution in [2.24, 2.45) is 0 Å². The topological polar surface area (TPSA) is 115 Å². The van der Waals surface area contributed by atoms with E-state index in [1.807, 2.05) is 0 Å². The van der Waals surface area contributed by atoms with Gasteiger partial charge in [0, 0.05) is 18.8 Å². The largest absolute Gasteiger partial charge is 0.495 e. The minimum atomic E-state index is -4.04. The van der Waals surface area contributed by atoms with E-state index in [0.717, 1.165) is 0 Å². The molecule has 0 fully saturated rings. The van der Waals surface area contributed by atoms with Crippen molar-refractivity contribution < 1.29 is 23.1 Å². The van der Waals surface area contributed by atoms with Crippen LogP contribution in [0.4, 0.5) is 5.69 Å². The van der Waals surface area contributed by atoms with Gasteiger partial charge in [0.25, 0.3) is 15.6 Å². The number of anilines is 1. The van der Waals surface area contributed by atoms with Gasteiger partial charge in [-0.05, 0) is 30.7 Å². The number of aromatic nitrogens is 1. The molecule has 25 heavy (non-hydrogen) atoms. The van der Waals surface area contributed by atoms with Crippen molar-refractivity contribution >= 4 is 21.7 Å². The van der Waals surface area contributed by atoms with Gasteiger partial charge in [-0.25, -0.2) is 8.42 Å². The summed E-state index contributed by atoms with van der Waals surface area (Å²) in [6.45, 7) is 2.16. The quantitative estimate of drug-likeness (QED) is 0.763. The van der Waals surface area contributed by atoms with Gasteiger partial charge in [-0.2, -0.15) is 0 Å². The Hall–Kier alpha value is -2.81. The summed E-state index contributed by atoms with van der Waals surface area (Å²) in [5.41, 5.74) is 0.297. The minimum absolute atomic E-state index is 0.0884. The molecule has 134 valence electrons. The molecule has 0 saturated heterocycles. The van der Waals surface area contributed by atoms with Gasteiger partial charge < -0.3 is 14.4 Å². The average molecular weight is 366 g/mol. The number of aliphatic carboxylic acids is 1. The van der Waals surface area contributed by atoms with E-state index >= 15 is 0 Å². The summed E-state index contributed by atoms with van der Waals surface area (Å²) in [6, 6.07) is 6.77. The molecule has 0 radical (unpaired) electrons. The summed E-state index contributed by atoms with van der Waals surface area (Å²) in [7, 11) is -2.71.